The van der Waals surface area contributed by atoms with Crippen LogP contribution in [0.15, 0.2) is 53.2 Å². The number of amides is 1. The second kappa shape index (κ2) is 11.0. The minimum atomic E-state index is -0.510. The van der Waals surface area contributed by atoms with Crippen molar-refractivity contribution < 1.29 is 23.8 Å². The van der Waals surface area contributed by atoms with E-state index in [0.717, 1.165) is 11.1 Å². The molecule has 0 saturated heterocycles. The van der Waals surface area contributed by atoms with E-state index in [1.54, 1.807) is 29.2 Å². The van der Waals surface area contributed by atoms with Crippen LogP contribution in [0.1, 0.15) is 51.3 Å². The van der Waals surface area contributed by atoms with Crippen LogP contribution in [0.4, 0.5) is 0 Å². The predicted molar refractivity (Wildman–Crippen MR) is 132 cm³/mol. The largest absolute Gasteiger partial charge is 0.490 e. The van der Waals surface area contributed by atoms with Gasteiger partial charge in [-0.1, -0.05) is 24.3 Å². The minimum Gasteiger partial charge on any atom is -0.490 e. The van der Waals surface area contributed by atoms with Crippen LogP contribution >= 0.6 is 0 Å². The minimum absolute atomic E-state index is 0.0766. The van der Waals surface area contributed by atoms with Crippen LogP contribution in [0, 0.1) is 6.92 Å². The Morgan fingerprint density at radius 2 is 1.76 bits per heavy atom. The summed E-state index contributed by atoms with van der Waals surface area (Å²) in [4.78, 5) is 31.2. The molecule has 1 amide bonds. The molecular weight excluding hydrogens is 432 g/mol. The molecule has 0 bridgehead atoms. The highest BCUT2D eigenvalue weighted by atomic mass is 16.6. The maximum absolute atomic E-state index is 12.7. The summed E-state index contributed by atoms with van der Waals surface area (Å²) in [6.07, 6.45) is 1.64. The molecule has 1 aliphatic rings. The van der Waals surface area contributed by atoms with Gasteiger partial charge in [0.1, 0.15) is 0 Å². The van der Waals surface area contributed by atoms with Gasteiger partial charge < -0.3 is 19.1 Å². The lowest BCUT2D eigenvalue weighted by atomic mass is 10.1. The molecule has 0 aromatic heterocycles. The van der Waals surface area contributed by atoms with Crippen LogP contribution in [-0.2, 0) is 14.3 Å². The van der Waals surface area contributed by atoms with Gasteiger partial charge in [-0.3, -0.25) is 4.79 Å². The Morgan fingerprint density at radius 1 is 1.06 bits per heavy atom. The molecule has 7 heteroatoms. The highest BCUT2D eigenvalue weighted by Crippen LogP contribution is 2.30. The Bertz CT molecular complexity index is 1110. The number of rotatable bonds is 9. The molecule has 0 radical (unpaired) electrons. The SMILES string of the molecule is CCOc1cc(C=C2N=C(c3ccccc3C)OC2=O)ccc1OCC(=O)N(C(C)C)C(C)C. The third-order valence-electron chi connectivity index (χ3n) is 5.32. The van der Waals surface area contributed by atoms with Crippen LogP contribution in [0.3, 0.4) is 0 Å². The normalized spacial score (nSPS) is 14.4. The zero-order valence-corrected chi connectivity index (χ0v) is 20.6. The number of hydrogen-bond acceptors (Lipinski definition) is 6. The molecule has 0 fully saturated rings. The van der Waals surface area contributed by atoms with Gasteiger partial charge in [0.05, 0.1) is 6.61 Å². The van der Waals surface area contributed by atoms with Crippen LogP contribution in [0.25, 0.3) is 6.08 Å². The Balaban J connectivity index is 1.81. The average molecular weight is 465 g/mol. The van der Waals surface area contributed by atoms with Gasteiger partial charge in [-0.15, -0.1) is 0 Å². The van der Waals surface area contributed by atoms with Crippen molar-refractivity contribution in [2.24, 2.45) is 4.99 Å². The quantitative estimate of drug-likeness (QED) is 0.395. The van der Waals surface area contributed by atoms with Gasteiger partial charge in [-0.05, 0) is 76.9 Å². The fourth-order valence-corrected chi connectivity index (χ4v) is 3.88. The van der Waals surface area contributed by atoms with Gasteiger partial charge in [0, 0.05) is 17.6 Å². The van der Waals surface area contributed by atoms with Crippen molar-refractivity contribution in [3.8, 4) is 11.5 Å². The summed E-state index contributed by atoms with van der Waals surface area (Å²) < 4.78 is 16.9. The fraction of sp³-hybridized carbons (Fsp3) is 0.370. The maximum atomic E-state index is 12.7. The van der Waals surface area contributed by atoms with Gasteiger partial charge in [0.25, 0.3) is 5.91 Å². The summed E-state index contributed by atoms with van der Waals surface area (Å²) >= 11 is 0. The molecule has 2 aromatic rings. The molecule has 0 atom stereocenters. The van der Waals surface area contributed by atoms with E-state index in [0.29, 0.717) is 23.7 Å². The van der Waals surface area contributed by atoms with E-state index in [2.05, 4.69) is 4.99 Å². The van der Waals surface area contributed by atoms with E-state index in [9.17, 15) is 9.59 Å². The van der Waals surface area contributed by atoms with Crippen LogP contribution in [0.2, 0.25) is 0 Å². The second-order valence-corrected chi connectivity index (χ2v) is 8.57. The van der Waals surface area contributed by atoms with Crippen molar-refractivity contribution in [1.82, 2.24) is 4.90 Å². The smallest absolute Gasteiger partial charge is 0.363 e. The van der Waals surface area contributed by atoms with Crippen molar-refractivity contribution in [1.29, 1.82) is 0 Å². The first kappa shape index (κ1) is 25.0. The monoisotopic (exact) mass is 464 g/mol. The second-order valence-electron chi connectivity index (χ2n) is 8.57. The molecule has 3 rings (SSSR count). The Labute approximate surface area is 201 Å². The highest BCUT2D eigenvalue weighted by molar-refractivity contribution is 6.13. The number of carbonyl (C=O) groups excluding carboxylic acids is 2. The molecular formula is C27H32N2O5. The van der Waals surface area contributed by atoms with Crippen LogP contribution in [-0.4, -0.2) is 48.0 Å². The highest BCUT2D eigenvalue weighted by Gasteiger charge is 2.25. The zero-order chi connectivity index (χ0) is 24.8. The molecule has 2 aromatic carbocycles. The zero-order valence-electron chi connectivity index (χ0n) is 20.6. The summed E-state index contributed by atoms with van der Waals surface area (Å²) in [6.45, 7) is 12.1. The summed E-state index contributed by atoms with van der Waals surface area (Å²) in [5.74, 6) is 0.635. The van der Waals surface area contributed by atoms with Crippen molar-refractivity contribution in [3.05, 3.63) is 64.9 Å². The number of aryl methyl sites for hydroxylation is 1. The molecule has 1 heterocycles. The lowest BCUT2D eigenvalue weighted by Gasteiger charge is -2.30. The molecule has 0 aliphatic carbocycles. The van der Waals surface area contributed by atoms with Gasteiger partial charge in [-0.2, -0.15) is 0 Å². The van der Waals surface area contributed by atoms with E-state index < -0.39 is 5.97 Å². The number of ether oxygens (including phenoxy) is 3. The molecule has 34 heavy (non-hydrogen) atoms. The maximum Gasteiger partial charge on any atom is 0.363 e. The molecule has 0 saturated carbocycles. The standard InChI is InChI=1S/C27H32N2O5/c1-7-32-24-15-20(12-13-23(24)33-16-25(30)29(17(2)3)18(4)5)14-22-27(31)34-26(28-22)21-11-9-8-10-19(21)6/h8-15,17-18H,7,16H2,1-6H3. The molecule has 180 valence electrons. The lowest BCUT2D eigenvalue weighted by molar-refractivity contribution is -0.137. The van der Waals surface area contributed by atoms with Gasteiger partial charge in [0.15, 0.2) is 23.8 Å². The summed E-state index contributed by atoms with van der Waals surface area (Å²) in [5.41, 5.74) is 2.65. The van der Waals surface area contributed by atoms with E-state index >= 15 is 0 Å². The number of aliphatic imine (C=N–C) groups is 1. The van der Waals surface area contributed by atoms with Crippen molar-refractivity contribution in [2.45, 2.75) is 53.6 Å². The first-order valence-electron chi connectivity index (χ1n) is 11.5. The number of benzene rings is 2. The van der Waals surface area contributed by atoms with Crippen molar-refractivity contribution in [2.75, 3.05) is 13.2 Å². The molecule has 7 nitrogen and oxygen atoms in total. The fourth-order valence-electron chi connectivity index (χ4n) is 3.88. The Hall–Kier alpha value is -3.61. The summed E-state index contributed by atoms with van der Waals surface area (Å²) in [5, 5.41) is 0. The van der Waals surface area contributed by atoms with Crippen LogP contribution < -0.4 is 9.47 Å². The Morgan fingerprint density at radius 3 is 2.41 bits per heavy atom. The van der Waals surface area contributed by atoms with Gasteiger partial charge in [-0.25, -0.2) is 9.79 Å². The third-order valence-corrected chi connectivity index (χ3v) is 5.32. The first-order chi connectivity index (χ1) is 16.2. The number of nitrogens with zero attached hydrogens (tertiary/aromatic N) is 2. The Kier molecular flexibility index (Phi) is 8.10. The topological polar surface area (TPSA) is 77.4 Å². The summed E-state index contributed by atoms with van der Waals surface area (Å²) in [6, 6.07) is 13.0. The molecule has 0 N–H and O–H groups in total. The van der Waals surface area contributed by atoms with E-state index in [1.807, 2.05) is 65.8 Å². The van der Waals surface area contributed by atoms with E-state index in [-0.39, 0.29) is 36.2 Å². The average Bonchev–Trinajstić information content (AvgIpc) is 3.13. The third kappa shape index (κ3) is 5.84. The van der Waals surface area contributed by atoms with Gasteiger partial charge >= 0.3 is 5.97 Å². The van der Waals surface area contributed by atoms with Gasteiger partial charge in [0.2, 0.25) is 5.90 Å². The number of cyclic esters (lactones) is 1. The number of esters is 1. The summed E-state index contributed by atoms with van der Waals surface area (Å²) in [7, 11) is 0. The first-order valence-corrected chi connectivity index (χ1v) is 11.5. The number of hydrogen-bond donors (Lipinski definition) is 0. The molecule has 0 unspecified atom stereocenters. The van der Waals surface area contributed by atoms with Crippen molar-refractivity contribution >= 4 is 23.9 Å². The van der Waals surface area contributed by atoms with E-state index in [1.165, 1.54) is 0 Å². The van der Waals surface area contributed by atoms with E-state index in [4.69, 9.17) is 14.2 Å². The predicted octanol–water partition coefficient (Wildman–Crippen LogP) is 4.76. The molecule has 0 spiro atoms. The van der Waals surface area contributed by atoms with Crippen molar-refractivity contribution in [3.63, 3.8) is 0 Å². The molecule has 1 aliphatic heterocycles. The van der Waals surface area contributed by atoms with Crippen LogP contribution in [0.5, 0.6) is 11.5 Å². The lowest BCUT2D eigenvalue weighted by Crippen LogP contribution is -2.44. The number of carbonyl (C=O) groups is 2.